The number of hydrogen-bond donors (Lipinski definition) is 0. The molecule has 0 aliphatic carbocycles. The molecule has 1 saturated heterocycles. The van der Waals surface area contributed by atoms with Gasteiger partial charge in [-0.15, -0.1) is 12.4 Å². The third-order valence-corrected chi connectivity index (χ3v) is 8.69. The highest BCUT2D eigenvalue weighted by atomic mass is 35.5. The van der Waals surface area contributed by atoms with Crippen molar-refractivity contribution >= 4 is 44.6 Å². The minimum atomic E-state index is -3.45. The van der Waals surface area contributed by atoms with Gasteiger partial charge in [0.2, 0.25) is 0 Å². The fourth-order valence-corrected chi connectivity index (χ4v) is 6.81. The topological polar surface area (TPSA) is 43.9 Å². The predicted molar refractivity (Wildman–Crippen MR) is 139 cm³/mol. The zero-order valence-corrected chi connectivity index (χ0v) is 20.8. The van der Waals surface area contributed by atoms with Gasteiger partial charge in [0.15, 0.2) is 0 Å². The van der Waals surface area contributed by atoms with Gasteiger partial charge in [0.25, 0.3) is 10.0 Å². The number of halogens is 2. The highest BCUT2D eigenvalue weighted by Crippen LogP contribution is 2.42. The van der Waals surface area contributed by atoms with E-state index >= 15 is 0 Å². The van der Waals surface area contributed by atoms with E-state index in [1.165, 1.54) is 6.07 Å². The van der Waals surface area contributed by atoms with Crippen molar-refractivity contribution in [3.05, 3.63) is 66.5 Å². The second-order valence-corrected chi connectivity index (χ2v) is 10.7. The van der Waals surface area contributed by atoms with Gasteiger partial charge in [0.05, 0.1) is 16.3 Å². The predicted octanol–water partition coefficient (Wildman–Crippen LogP) is 5.29. The van der Waals surface area contributed by atoms with Crippen LogP contribution < -0.4 is 9.21 Å². The van der Waals surface area contributed by atoms with Crippen LogP contribution >= 0.6 is 12.4 Å². The van der Waals surface area contributed by atoms with Crippen LogP contribution in [0.4, 0.5) is 15.8 Å². The SMILES string of the molecule is Cl.O=S1(=O)c2cccc3cccc(c23)N1CCCCCCN1CCN(c2ccccc2F)CC1. The lowest BCUT2D eigenvalue weighted by Gasteiger charge is -2.36. The Bertz CT molecular complexity index is 1240. The molecule has 0 radical (unpaired) electrons. The number of rotatable bonds is 8. The van der Waals surface area contributed by atoms with E-state index in [0.29, 0.717) is 17.1 Å². The monoisotopic (exact) mass is 503 g/mol. The summed E-state index contributed by atoms with van der Waals surface area (Å²) in [4.78, 5) is 5.01. The lowest BCUT2D eigenvalue weighted by molar-refractivity contribution is 0.251. The molecular weight excluding hydrogens is 473 g/mol. The quantitative estimate of drug-likeness (QED) is 0.392. The fourth-order valence-electron chi connectivity index (χ4n) is 5.06. The molecule has 0 unspecified atom stereocenters. The number of piperazine rings is 1. The number of benzene rings is 3. The molecule has 34 heavy (non-hydrogen) atoms. The molecule has 1 fully saturated rings. The largest absolute Gasteiger partial charge is 0.367 e. The number of hydrogen-bond acceptors (Lipinski definition) is 4. The highest BCUT2D eigenvalue weighted by Gasteiger charge is 2.34. The van der Waals surface area contributed by atoms with Crippen LogP contribution in [0.5, 0.6) is 0 Å². The first kappa shape index (κ1) is 24.8. The molecule has 3 aromatic rings. The average molecular weight is 504 g/mol. The molecule has 0 N–H and O–H groups in total. The van der Waals surface area contributed by atoms with Gasteiger partial charge in [0.1, 0.15) is 5.82 Å². The number of sulfonamides is 1. The first-order valence-corrected chi connectivity index (χ1v) is 13.3. The maximum atomic E-state index is 14.0. The van der Waals surface area contributed by atoms with Crippen molar-refractivity contribution in [3.8, 4) is 0 Å². The average Bonchev–Trinajstić information content (AvgIpc) is 3.05. The smallest absolute Gasteiger partial charge is 0.265 e. The van der Waals surface area contributed by atoms with Crippen molar-refractivity contribution in [1.82, 2.24) is 4.90 Å². The van der Waals surface area contributed by atoms with Crippen molar-refractivity contribution in [2.45, 2.75) is 30.6 Å². The van der Waals surface area contributed by atoms with Crippen LogP contribution in [0, 0.1) is 5.82 Å². The van der Waals surface area contributed by atoms with Gasteiger partial charge in [-0.25, -0.2) is 12.8 Å². The maximum absolute atomic E-state index is 14.0. The first-order valence-electron chi connectivity index (χ1n) is 11.8. The summed E-state index contributed by atoms with van der Waals surface area (Å²) >= 11 is 0. The minimum absolute atomic E-state index is 0. The molecule has 2 aliphatic heterocycles. The van der Waals surface area contributed by atoms with Crippen molar-refractivity contribution in [3.63, 3.8) is 0 Å². The van der Waals surface area contributed by atoms with Gasteiger partial charge in [-0.3, -0.25) is 9.21 Å². The Morgan fingerprint density at radius 2 is 1.38 bits per heavy atom. The van der Waals surface area contributed by atoms with E-state index in [4.69, 9.17) is 0 Å². The Kier molecular flexibility index (Phi) is 7.65. The number of para-hydroxylation sites is 1. The van der Waals surface area contributed by atoms with Crippen molar-refractivity contribution < 1.29 is 12.8 Å². The van der Waals surface area contributed by atoms with E-state index < -0.39 is 10.0 Å². The third-order valence-electron chi connectivity index (χ3n) is 6.83. The summed E-state index contributed by atoms with van der Waals surface area (Å²) < 4.78 is 41.7. The number of unbranched alkanes of at least 4 members (excludes halogenated alkanes) is 3. The fraction of sp³-hybridized carbons (Fsp3) is 0.385. The highest BCUT2D eigenvalue weighted by molar-refractivity contribution is 7.93. The Morgan fingerprint density at radius 1 is 0.735 bits per heavy atom. The van der Waals surface area contributed by atoms with Crippen molar-refractivity contribution in [2.75, 3.05) is 48.5 Å². The Hall–Kier alpha value is -2.35. The van der Waals surface area contributed by atoms with Gasteiger partial charge in [-0.1, -0.05) is 49.2 Å². The zero-order valence-electron chi connectivity index (χ0n) is 19.2. The Labute approximate surface area is 207 Å². The molecule has 5 rings (SSSR count). The van der Waals surface area contributed by atoms with E-state index in [0.717, 1.165) is 74.9 Å². The van der Waals surface area contributed by atoms with Crippen LogP contribution in [0.2, 0.25) is 0 Å². The van der Waals surface area contributed by atoms with Crippen LogP contribution in [-0.4, -0.2) is 52.6 Å². The maximum Gasteiger partial charge on any atom is 0.265 e. The molecule has 3 aromatic carbocycles. The van der Waals surface area contributed by atoms with Gasteiger partial charge in [-0.05, 0) is 49.0 Å². The summed E-state index contributed by atoms with van der Waals surface area (Å²) in [6, 6.07) is 18.3. The van der Waals surface area contributed by atoms with Gasteiger partial charge >= 0.3 is 0 Å². The molecule has 0 bridgehead atoms. The molecule has 5 nitrogen and oxygen atoms in total. The summed E-state index contributed by atoms with van der Waals surface area (Å²) in [6.07, 6.45) is 4.04. The third kappa shape index (κ3) is 4.74. The molecule has 0 spiro atoms. The lowest BCUT2D eigenvalue weighted by atomic mass is 10.1. The lowest BCUT2D eigenvalue weighted by Crippen LogP contribution is -2.46. The molecule has 182 valence electrons. The van der Waals surface area contributed by atoms with Crippen LogP contribution in [0.3, 0.4) is 0 Å². The molecular formula is C26H31ClFN3O2S. The summed E-state index contributed by atoms with van der Waals surface area (Å²) in [5.74, 6) is -0.148. The number of anilines is 2. The second-order valence-electron chi connectivity index (χ2n) is 8.90. The zero-order chi connectivity index (χ0) is 22.8. The summed E-state index contributed by atoms with van der Waals surface area (Å²) in [5.41, 5.74) is 1.52. The Balaban J connectivity index is 0.00000274. The molecule has 8 heteroatoms. The van der Waals surface area contributed by atoms with Crippen LogP contribution in [0.25, 0.3) is 10.8 Å². The minimum Gasteiger partial charge on any atom is -0.367 e. The van der Waals surface area contributed by atoms with E-state index in [1.807, 2.05) is 42.5 Å². The van der Waals surface area contributed by atoms with E-state index in [2.05, 4.69) is 9.80 Å². The second kappa shape index (κ2) is 10.5. The van der Waals surface area contributed by atoms with E-state index in [1.54, 1.807) is 16.4 Å². The normalized spacial score (nSPS) is 17.2. The summed E-state index contributed by atoms with van der Waals surface area (Å²) in [6.45, 7) is 5.15. The molecule has 0 amide bonds. The van der Waals surface area contributed by atoms with Crippen molar-refractivity contribution in [2.24, 2.45) is 0 Å². The van der Waals surface area contributed by atoms with Gasteiger partial charge in [-0.2, -0.15) is 0 Å². The van der Waals surface area contributed by atoms with Crippen LogP contribution in [0.15, 0.2) is 65.6 Å². The summed E-state index contributed by atoms with van der Waals surface area (Å²) in [7, 11) is -3.45. The van der Waals surface area contributed by atoms with Crippen LogP contribution in [-0.2, 0) is 10.0 Å². The first-order chi connectivity index (χ1) is 16.1. The van der Waals surface area contributed by atoms with Gasteiger partial charge in [0, 0.05) is 38.1 Å². The van der Waals surface area contributed by atoms with Crippen molar-refractivity contribution in [1.29, 1.82) is 0 Å². The van der Waals surface area contributed by atoms with E-state index in [-0.39, 0.29) is 18.2 Å². The number of nitrogens with zero attached hydrogens (tertiary/aromatic N) is 3. The molecule has 2 heterocycles. The molecule has 0 saturated carbocycles. The summed E-state index contributed by atoms with van der Waals surface area (Å²) in [5, 5.41) is 1.83. The Morgan fingerprint density at radius 3 is 2.12 bits per heavy atom. The van der Waals surface area contributed by atoms with E-state index in [9.17, 15) is 12.8 Å². The van der Waals surface area contributed by atoms with Crippen LogP contribution in [0.1, 0.15) is 25.7 Å². The molecule has 0 aromatic heterocycles. The molecule has 0 atom stereocenters. The van der Waals surface area contributed by atoms with Gasteiger partial charge < -0.3 is 4.90 Å². The standard InChI is InChI=1S/C26H30FN3O2S.ClH/c27-22-11-3-4-12-23(22)29-19-17-28(18-20-29)15-5-1-2-6-16-30-24-13-7-9-21-10-8-14-25(26(21)24)33(30,31)32;/h3-4,7-14H,1-2,5-6,15-20H2;1H. The molecule has 2 aliphatic rings.